The Hall–Kier alpha value is -3.15. The Morgan fingerprint density at radius 2 is 1.96 bits per heavy atom. The number of benzene rings is 1. The molecule has 0 bridgehead atoms. The molecule has 0 fully saturated rings. The Kier molecular flexibility index (Phi) is 4.62. The van der Waals surface area contributed by atoms with Crippen molar-refractivity contribution in [2.45, 2.75) is 26.3 Å². The van der Waals surface area contributed by atoms with Crippen molar-refractivity contribution in [2.75, 3.05) is 23.8 Å². The van der Waals surface area contributed by atoms with Crippen molar-refractivity contribution >= 4 is 11.5 Å². The SMILES string of the molecule is Cc1ccc(Oc2cccc(NC3CCN(C)c4nc(C)ncc43)c2)cn1. The summed E-state index contributed by atoms with van der Waals surface area (Å²) in [5, 5.41) is 3.61. The number of aromatic nitrogens is 3. The zero-order chi connectivity index (χ0) is 18.8. The van der Waals surface area contributed by atoms with E-state index in [-0.39, 0.29) is 6.04 Å². The number of nitrogens with zero attached hydrogens (tertiary/aromatic N) is 4. The largest absolute Gasteiger partial charge is 0.456 e. The number of hydrogen-bond donors (Lipinski definition) is 1. The zero-order valence-corrected chi connectivity index (χ0v) is 15.8. The van der Waals surface area contributed by atoms with Gasteiger partial charge in [0.15, 0.2) is 0 Å². The average Bonchev–Trinajstić information content (AvgIpc) is 2.66. The molecule has 0 amide bonds. The molecule has 27 heavy (non-hydrogen) atoms. The number of nitrogens with one attached hydrogen (secondary N) is 1. The van der Waals surface area contributed by atoms with Crippen LogP contribution in [0.15, 0.2) is 48.8 Å². The van der Waals surface area contributed by atoms with E-state index in [0.717, 1.165) is 53.1 Å². The first-order valence-corrected chi connectivity index (χ1v) is 9.10. The predicted octanol–water partition coefficient (Wildman–Crippen LogP) is 4.27. The second-order valence-electron chi connectivity index (χ2n) is 6.87. The number of pyridine rings is 1. The Morgan fingerprint density at radius 3 is 2.78 bits per heavy atom. The molecule has 1 unspecified atom stereocenters. The summed E-state index contributed by atoms with van der Waals surface area (Å²) < 4.78 is 5.93. The van der Waals surface area contributed by atoms with E-state index in [1.807, 2.05) is 56.4 Å². The highest BCUT2D eigenvalue weighted by Crippen LogP contribution is 2.34. The summed E-state index contributed by atoms with van der Waals surface area (Å²) in [5.74, 6) is 3.30. The Bertz CT molecular complexity index is 942. The fraction of sp³-hybridized carbons (Fsp3) is 0.286. The number of aryl methyl sites for hydroxylation is 2. The van der Waals surface area contributed by atoms with Crippen molar-refractivity contribution in [3.63, 3.8) is 0 Å². The highest BCUT2D eigenvalue weighted by atomic mass is 16.5. The molecule has 1 aliphatic heterocycles. The summed E-state index contributed by atoms with van der Waals surface area (Å²) >= 11 is 0. The van der Waals surface area contributed by atoms with Crippen LogP contribution in [0.2, 0.25) is 0 Å². The predicted molar refractivity (Wildman–Crippen MR) is 107 cm³/mol. The van der Waals surface area contributed by atoms with E-state index < -0.39 is 0 Å². The molecule has 0 aliphatic carbocycles. The minimum absolute atomic E-state index is 0.174. The van der Waals surface area contributed by atoms with Gasteiger partial charge in [-0.1, -0.05) is 6.07 Å². The number of rotatable bonds is 4. The monoisotopic (exact) mass is 361 g/mol. The van der Waals surface area contributed by atoms with Crippen molar-refractivity contribution in [3.05, 3.63) is 65.9 Å². The fourth-order valence-corrected chi connectivity index (χ4v) is 3.25. The quantitative estimate of drug-likeness (QED) is 0.748. The van der Waals surface area contributed by atoms with Crippen molar-refractivity contribution < 1.29 is 4.74 Å². The highest BCUT2D eigenvalue weighted by molar-refractivity contribution is 5.56. The van der Waals surface area contributed by atoms with Crippen LogP contribution in [0.5, 0.6) is 11.5 Å². The molecule has 6 heteroatoms. The van der Waals surface area contributed by atoms with E-state index in [0.29, 0.717) is 0 Å². The lowest BCUT2D eigenvalue weighted by molar-refractivity contribution is 0.480. The van der Waals surface area contributed by atoms with Crippen LogP contribution in [0.3, 0.4) is 0 Å². The van der Waals surface area contributed by atoms with Crippen LogP contribution in [0, 0.1) is 13.8 Å². The molecule has 0 saturated carbocycles. The number of fused-ring (bicyclic) bond motifs is 1. The van der Waals surface area contributed by atoms with E-state index >= 15 is 0 Å². The number of ether oxygens (including phenoxy) is 1. The van der Waals surface area contributed by atoms with Gasteiger partial charge in [0.05, 0.1) is 12.2 Å². The summed E-state index contributed by atoms with van der Waals surface area (Å²) in [6.07, 6.45) is 4.66. The Balaban J connectivity index is 1.54. The molecule has 138 valence electrons. The summed E-state index contributed by atoms with van der Waals surface area (Å²) in [5.41, 5.74) is 3.10. The van der Waals surface area contributed by atoms with Crippen LogP contribution in [0.25, 0.3) is 0 Å². The number of anilines is 2. The van der Waals surface area contributed by atoms with E-state index in [9.17, 15) is 0 Å². The van der Waals surface area contributed by atoms with Crippen molar-refractivity contribution in [2.24, 2.45) is 0 Å². The lowest BCUT2D eigenvalue weighted by Gasteiger charge is -2.32. The standard InChI is InChI=1S/C21H23N5O/c1-14-7-8-18(12-22-14)27-17-6-4-5-16(11-17)25-20-9-10-26(3)21-19(20)13-23-15(2)24-21/h4-8,11-13,20,25H,9-10H2,1-3H3. The van der Waals surface area contributed by atoms with Crippen LogP contribution in [-0.4, -0.2) is 28.5 Å². The van der Waals surface area contributed by atoms with Gasteiger partial charge in [-0.15, -0.1) is 0 Å². The minimum atomic E-state index is 0.174. The third-order valence-corrected chi connectivity index (χ3v) is 4.70. The first kappa shape index (κ1) is 17.3. The average molecular weight is 361 g/mol. The van der Waals surface area contributed by atoms with E-state index in [1.54, 1.807) is 6.20 Å². The summed E-state index contributed by atoms with van der Waals surface area (Å²) in [7, 11) is 2.07. The van der Waals surface area contributed by atoms with Crippen LogP contribution in [-0.2, 0) is 0 Å². The molecule has 1 N–H and O–H groups in total. The van der Waals surface area contributed by atoms with Gasteiger partial charge in [0.25, 0.3) is 0 Å². The summed E-state index contributed by atoms with van der Waals surface area (Å²) in [4.78, 5) is 15.5. The van der Waals surface area contributed by atoms with Gasteiger partial charge >= 0.3 is 0 Å². The first-order chi connectivity index (χ1) is 13.1. The summed E-state index contributed by atoms with van der Waals surface area (Å²) in [6.45, 7) is 4.83. The molecular weight excluding hydrogens is 338 g/mol. The van der Waals surface area contributed by atoms with E-state index in [4.69, 9.17) is 4.74 Å². The molecule has 4 rings (SSSR count). The van der Waals surface area contributed by atoms with Gasteiger partial charge in [0.2, 0.25) is 0 Å². The molecular formula is C21H23N5O. The van der Waals surface area contributed by atoms with Gasteiger partial charge < -0.3 is 15.0 Å². The maximum absolute atomic E-state index is 5.93. The molecule has 2 aromatic heterocycles. The molecule has 3 heterocycles. The third-order valence-electron chi connectivity index (χ3n) is 4.70. The Labute approximate surface area is 159 Å². The molecule has 1 aliphatic rings. The van der Waals surface area contributed by atoms with Gasteiger partial charge in [-0.2, -0.15) is 0 Å². The Morgan fingerprint density at radius 1 is 1.07 bits per heavy atom. The van der Waals surface area contributed by atoms with Gasteiger partial charge in [-0.3, -0.25) is 4.98 Å². The second kappa shape index (κ2) is 7.23. The normalized spacial score (nSPS) is 16.0. The van der Waals surface area contributed by atoms with Gasteiger partial charge in [0, 0.05) is 42.8 Å². The van der Waals surface area contributed by atoms with Crippen molar-refractivity contribution in [1.82, 2.24) is 15.0 Å². The van der Waals surface area contributed by atoms with Crippen molar-refractivity contribution in [1.29, 1.82) is 0 Å². The lowest BCUT2D eigenvalue weighted by Crippen LogP contribution is -2.31. The first-order valence-electron chi connectivity index (χ1n) is 9.10. The van der Waals surface area contributed by atoms with E-state index in [1.165, 1.54) is 0 Å². The smallest absolute Gasteiger partial charge is 0.145 e. The zero-order valence-electron chi connectivity index (χ0n) is 15.8. The van der Waals surface area contributed by atoms with Crippen LogP contribution < -0.4 is 15.0 Å². The van der Waals surface area contributed by atoms with Crippen LogP contribution >= 0.6 is 0 Å². The highest BCUT2D eigenvalue weighted by Gasteiger charge is 2.25. The maximum atomic E-state index is 5.93. The van der Waals surface area contributed by atoms with Gasteiger partial charge in [-0.05, 0) is 44.5 Å². The molecule has 0 saturated heterocycles. The minimum Gasteiger partial charge on any atom is -0.456 e. The van der Waals surface area contributed by atoms with Crippen LogP contribution in [0.1, 0.15) is 29.5 Å². The van der Waals surface area contributed by atoms with Gasteiger partial charge in [0.1, 0.15) is 23.1 Å². The topological polar surface area (TPSA) is 63.2 Å². The lowest BCUT2D eigenvalue weighted by atomic mass is 10.0. The van der Waals surface area contributed by atoms with Crippen molar-refractivity contribution in [3.8, 4) is 11.5 Å². The molecule has 6 nitrogen and oxygen atoms in total. The fourth-order valence-electron chi connectivity index (χ4n) is 3.25. The van der Waals surface area contributed by atoms with Crippen LogP contribution in [0.4, 0.5) is 11.5 Å². The maximum Gasteiger partial charge on any atom is 0.145 e. The molecule has 0 radical (unpaired) electrons. The molecule has 1 aromatic carbocycles. The van der Waals surface area contributed by atoms with Gasteiger partial charge in [-0.25, -0.2) is 9.97 Å². The number of hydrogen-bond acceptors (Lipinski definition) is 6. The molecule has 3 aromatic rings. The van der Waals surface area contributed by atoms with E-state index in [2.05, 4.69) is 32.2 Å². The summed E-state index contributed by atoms with van der Waals surface area (Å²) in [6, 6.07) is 12.0. The molecule has 0 spiro atoms. The third kappa shape index (κ3) is 3.84. The molecule has 1 atom stereocenters. The second-order valence-corrected chi connectivity index (χ2v) is 6.87.